The Labute approximate surface area is 162 Å². The van der Waals surface area contributed by atoms with Gasteiger partial charge < -0.3 is 10.1 Å². The number of ether oxygens (including phenoxy) is 1. The number of nitrogens with zero attached hydrogens (tertiary/aromatic N) is 1. The van der Waals surface area contributed by atoms with Gasteiger partial charge in [0.2, 0.25) is 0 Å². The predicted octanol–water partition coefficient (Wildman–Crippen LogP) is 5.16. The minimum Gasteiger partial charge on any atom is -0.496 e. The van der Waals surface area contributed by atoms with Crippen molar-refractivity contribution in [2.45, 2.75) is 26.7 Å². The minimum atomic E-state index is -0.426. The summed E-state index contributed by atoms with van der Waals surface area (Å²) in [5, 5.41) is 3.06. The number of amidine groups is 1. The minimum absolute atomic E-state index is 0.198. The smallest absolute Gasteiger partial charge is 0.264 e. The first kappa shape index (κ1) is 19.2. The van der Waals surface area contributed by atoms with Crippen LogP contribution < -0.4 is 10.1 Å². The van der Waals surface area contributed by atoms with E-state index < -0.39 is 5.82 Å². The standard InChI is InChI=1S/C21H21FN2O2S/c1-12(2)15-10-14(13(3)9-18(15)26-4)11-19-20(25)24-21(27-19)23-17-8-6-5-7-16(17)22/h5-12H,1-4H3,(H,23,24,25)/b19-11-. The average Bonchev–Trinajstić information content (AvgIpc) is 2.97. The predicted molar refractivity (Wildman–Crippen MR) is 109 cm³/mol. The first-order valence-corrected chi connectivity index (χ1v) is 9.43. The van der Waals surface area contributed by atoms with E-state index in [2.05, 4.69) is 24.2 Å². The molecule has 0 atom stereocenters. The van der Waals surface area contributed by atoms with Gasteiger partial charge in [-0.25, -0.2) is 9.38 Å². The molecule has 1 aliphatic rings. The van der Waals surface area contributed by atoms with Crippen LogP contribution in [-0.4, -0.2) is 18.2 Å². The molecule has 1 N–H and O–H groups in total. The van der Waals surface area contributed by atoms with Crippen LogP contribution in [-0.2, 0) is 4.79 Å². The zero-order valence-corrected chi connectivity index (χ0v) is 16.5. The Kier molecular flexibility index (Phi) is 5.65. The van der Waals surface area contributed by atoms with Crippen LogP contribution in [0.3, 0.4) is 0 Å². The number of rotatable bonds is 4. The number of methoxy groups -OCH3 is 1. The highest BCUT2D eigenvalue weighted by Crippen LogP contribution is 2.33. The normalized spacial score (nSPS) is 17.0. The molecule has 1 saturated heterocycles. The highest BCUT2D eigenvalue weighted by Gasteiger charge is 2.24. The summed E-state index contributed by atoms with van der Waals surface area (Å²) in [6, 6.07) is 10.2. The summed E-state index contributed by atoms with van der Waals surface area (Å²) in [5.74, 6) is 0.470. The van der Waals surface area contributed by atoms with Crippen LogP contribution in [0.4, 0.5) is 10.1 Å². The van der Waals surface area contributed by atoms with E-state index in [4.69, 9.17) is 4.74 Å². The van der Waals surface area contributed by atoms with E-state index in [0.717, 1.165) is 22.4 Å². The van der Waals surface area contributed by atoms with Crippen LogP contribution in [0.25, 0.3) is 6.08 Å². The van der Waals surface area contributed by atoms with Gasteiger partial charge in [0.05, 0.1) is 12.0 Å². The Hall–Kier alpha value is -2.60. The number of carbonyl (C=O) groups excluding carboxylic acids is 1. The summed E-state index contributed by atoms with van der Waals surface area (Å²) in [6.07, 6.45) is 1.84. The van der Waals surface area contributed by atoms with Crippen LogP contribution in [0.1, 0.15) is 36.5 Å². The van der Waals surface area contributed by atoms with E-state index in [1.807, 2.05) is 25.1 Å². The number of halogens is 1. The van der Waals surface area contributed by atoms with Gasteiger partial charge in [0.25, 0.3) is 5.91 Å². The Bertz CT molecular complexity index is 951. The zero-order chi connectivity index (χ0) is 19.6. The lowest BCUT2D eigenvalue weighted by atomic mass is 9.96. The molecule has 1 fully saturated rings. The maximum Gasteiger partial charge on any atom is 0.264 e. The van der Waals surface area contributed by atoms with Gasteiger partial charge in [-0.05, 0) is 71.6 Å². The topological polar surface area (TPSA) is 50.7 Å². The molecule has 2 aromatic rings. The van der Waals surface area contributed by atoms with Gasteiger partial charge in [-0.15, -0.1) is 0 Å². The Morgan fingerprint density at radius 2 is 2.00 bits per heavy atom. The van der Waals surface area contributed by atoms with Crippen molar-refractivity contribution in [3.63, 3.8) is 0 Å². The molecular weight excluding hydrogens is 363 g/mol. The van der Waals surface area contributed by atoms with Crippen LogP contribution in [0, 0.1) is 12.7 Å². The van der Waals surface area contributed by atoms with Gasteiger partial charge in [-0.3, -0.25) is 4.79 Å². The number of amides is 1. The maximum atomic E-state index is 13.8. The summed E-state index contributed by atoms with van der Waals surface area (Å²) in [5.41, 5.74) is 3.24. The second-order valence-electron chi connectivity index (χ2n) is 6.54. The summed E-state index contributed by atoms with van der Waals surface area (Å²) in [6.45, 7) is 6.17. The second-order valence-corrected chi connectivity index (χ2v) is 7.57. The van der Waals surface area contributed by atoms with Crippen molar-refractivity contribution in [2.24, 2.45) is 4.99 Å². The van der Waals surface area contributed by atoms with Crippen molar-refractivity contribution >= 4 is 34.6 Å². The summed E-state index contributed by atoms with van der Waals surface area (Å²) < 4.78 is 19.2. The number of hydrogen-bond donors (Lipinski definition) is 1. The molecule has 0 radical (unpaired) electrons. The Balaban J connectivity index is 1.93. The third-order valence-corrected chi connectivity index (χ3v) is 5.16. The fourth-order valence-corrected chi connectivity index (χ4v) is 3.60. The highest BCUT2D eigenvalue weighted by atomic mass is 32.2. The van der Waals surface area contributed by atoms with Gasteiger partial charge in [0, 0.05) is 0 Å². The van der Waals surface area contributed by atoms with E-state index in [-0.39, 0.29) is 11.6 Å². The number of aliphatic imine (C=N–C) groups is 1. The molecule has 0 unspecified atom stereocenters. The van der Waals surface area contributed by atoms with E-state index in [1.54, 1.807) is 25.3 Å². The second kappa shape index (κ2) is 7.96. The molecule has 0 aromatic heterocycles. The van der Waals surface area contributed by atoms with Gasteiger partial charge in [0.15, 0.2) is 5.17 Å². The van der Waals surface area contributed by atoms with E-state index in [1.165, 1.54) is 17.8 Å². The van der Waals surface area contributed by atoms with Crippen molar-refractivity contribution < 1.29 is 13.9 Å². The zero-order valence-electron chi connectivity index (χ0n) is 15.7. The van der Waals surface area contributed by atoms with Gasteiger partial charge in [-0.1, -0.05) is 26.0 Å². The fraction of sp³-hybridized carbons (Fsp3) is 0.238. The Morgan fingerprint density at radius 1 is 1.26 bits per heavy atom. The highest BCUT2D eigenvalue weighted by molar-refractivity contribution is 8.18. The van der Waals surface area contributed by atoms with Crippen LogP contribution >= 0.6 is 11.8 Å². The molecule has 1 aliphatic heterocycles. The molecule has 140 valence electrons. The molecule has 2 aromatic carbocycles. The number of thioether (sulfide) groups is 1. The van der Waals surface area contributed by atoms with Crippen LogP contribution in [0.15, 0.2) is 46.3 Å². The third-order valence-electron chi connectivity index (χ3n) is 4.25. The number of nitrogens with one attached hydrogen (secondary N) is 1. The van der Waals surface area contributed by atoms with Crippen molar-refractivity contribution in [1.82, 2.24) is 5.32 Å². The largest absolute Gasteiger partial charge is 0.496 e. The molecule has 0 bridgehead atoms. The lowest BCUT2D eigenvalue weighted by molar-refractivity contribution is -0.115. The summed E-state index contributed by atoms with van der Waals surface area (Å²) >= 11 is 1.20. The molecule has 4 nitrogen and oxygen atoms in total. The van der Waals surface area contributed by atoms with Crippen LogP contribution in [0.2, 0.25) is 0 Å². The molecule has 1 heterocycles. The Morgan fingerprint density at radius 3 is 2.67 bits per heavy atom. The monoisotopic (exact) mass is 384 g/mol. The van der Waals surface area contributed by atoms with Crippen molar-refractivity contribution in [2.75, 3.05) is 7.11 Å². The van der Waals surface area contributed by atoms with Crippen molar-refractivity contribution in [1.29, 1.82) is 0 Å². The maximum absolute atomic E-state index is 13.8. The lowest BCUT2D eigenvalue weighted by Crippen LogP contribution is -2.19. The van der Waals surface area contributed by atoms with Gasteiger partial charge in [0.1, 0.15) is 17.3 Å². The first-order valence-electron chi connectivity index (χ1n) is 8.61. The number of para-hydroxylation sites is 1. The van der Waals surface area contributed by atoms with E-state index in [9.17, 15) is 9.18 Å². The summed E-state index contributed by atoms with van der Waals surface area (Å²) in [7, 11) is 1.66. The lowest BCUT2D eigenvalue weighted by Gasteiger charge is -2.14. The summed E-state index contributed by atoms with van der Waals surface area (Å²) in [4.78, 5) is 17.0. The van der Waals surface area contributed by atoms with Crippen molar-refractivity contribution in [3.8, 4) is 5.75 Å². The fourth-order valence-electron chi connectivity index (χ4n) is 2.77. The number of aryl methyl sites for hydroxylation is 1. The van der Waals surface area contributed by atoms with Crippen molar-refractivity contribution in [3.05, 3.63) is 63.8 Å². The van der Waals surface area contributed by atoms with E-state index in [0.29, 0.717) is 16.0 Å². The molecule has 0 spiro atoms. The molecule has 1 amide bonds. The average molecular weight is 384 g/mol. The number of carbonyl (C=O) groups is 1. The molecule has 0 aliphatic carbocycles. The number of hydrogen-bond acceptors (Lipinski definition) is 4. The van der Waals surface area contributed by atoms with Gasteiger partial charge in [-0.2, -0.15) is 0 Å². The molecule has 0 saturated carbocycles. The van der Waals surface area contributed by atoms with Crippen LogP contribution in [0.5, 0.6) is 5.75 Å². The third kappa shape index (κ3) is 4.22. The SMILES string of the molecule is COc1cc(C)c(/C=C2\SC(=Nc3ccccc3F)NC2=O)cc1C(C)C. The molecule has 27 heavy (non-hydrogen) atoms. The first-order chi connectivity index (χ1) is 12.9. The molecular formula is C21H21FN2O2S. The molecule has 6 heteroatoms. The molecule has 3 rings (SSSR count). The number of benzene rings is 2. The van der Waals surface area contributed by atoms with E-state index >= 15 is 0 Å². The van der Waals surface area contributed by atoms with Gasteiger partial charge >= 0.3 is 0 Å². The quantitative estimate of drug-likeness (QED) is 0.741.